The van der Waals surface area contributed by atoms with Crippen LogP contribution in [0.25, 0.3) is 5.69 Å². The highest BCUT2D eigenvalue weighted by molar-refractivity contribution is 7.89. The van der Waals surface area contributed by atoms with Gasteiger partial charge in [-0.2, -0.15) is 9.40 Å². The molecule has 1 heterocycles. The van der Waals surface area contributed by atoms with Crippen LogP contribution >= 0.6 is 0 Å². The molecule has 0 aliphatic carbocycles. The number of benzene rings is 2. The van der Waals surface area contributed by atoms with E-state index in [0.29, 0.717) is 12.2 Å². The molecule has 0 fully saturated rings. The Kier molecular flexibility index (Phi) is 7.71. The van der Waals surface area contributed by atoms with Crippen molar-refractivity contribution in [2.45, 2.75) is 50.8 Å². The standard InChI is InChI=1S/C25H32N4O3S/c1-5-6-17-28(33(31,32)21-15-11-8-12-16-21)19-24(30)26-23-18-22(25(2,3)4)27-29(23)20-13-9-7-10-14-20/h7-16,18H,5-6,17,19H2,1-4H3,(H,26,30). The molecule has 7 nitrogen and oxygen atoms in total. The maximum Gasteiger partial charge on any atom is 0.243 e. The molecule has 0 aliphatic rings. The third-order valence-electron chi connectivity index (χ3n) is 5.21. The van der Waals surface area contributed by atoms with Gasteiger partial charge in [-0.15, -0.1) is 0 Å². The van der Waals surface area contributed by atoms with Gasteiger partial charge in [-0.25, -0.2) is 13.1 Å². The van der Waals surface area contributed by atoms with Crippen LogP contribution in [0.3, 0.4) is 0 Å². The van der Waals surface area contributed by atoms with Crippen molar-refractivity contribution in [2.75, 3.05) is 18.4 Å². The largest absolute Gasteiger partial charge is 0.309 e. The lowest BCUT2D eigenvalue weighted by Crippen LogP contribution is -2.38. The molecular formula is C25H32N4O3S. The lowest BCUT2D eigenvalue weighted by molar-refractivity contribution is -0.116. The van der Waals surface area contributed by atoms with Crippen molar-refractivity contribution in [3.63, 3.8) is 0 Å². The fourth-order valence-electron chi connectivity index (χ4n) is 3.31. The molecule has 3 rings (SSSR count). The number of rotatable bonds is 9. The smallest absolute Gasteiger partial charge is 0.243 e. The number of nitrogens with zero attached hydrogens (tertiary/aromatic N) is 3. The quantitative estimate of drug-likeness (QED) is 0.497. The van der Waals surface area contributed by atoms with E-state index in [9.17, 15) is 13.2 Å². The fraction of sp³-hybridized carbons (Fsp3) is 0.360. The number of anilines is 1. The third-order valence-corrected chi connectivity index (χ3v) is 7.07. The molecule has 1 amide bonds. The number of unbranched alkanes of at least 4 members (excludes halogenated alkanes) is 1. The first-order valence-corrected chi connectivity index (χ1v) is 12.6. The fourth-order valence-corrected chi connectivity index (χ4v) is 4.76. The molecule has 0 radical (unpaired) electrons. The molecule has 33 heavy (non-hydrogen) atoms. The highest BCUT2D eigenvalue weighted by Gasteiger charge is 2.27. The average Bonchev–Trinajstić information content (AvgIpc) is 3.22. The lowest BCUT2D eigenvalue weighted by Gasteiger charge is -2.21. The minimum atomic E-state index is -3.79. The highest BCUT2D eigenvalue weighted by Crippen LogP contribution is 2.26. The van der Waals surface area contributed by atoms with Crippen LogP contribution in [-0.4, -0.2) is 41.5 Å². The molecule has 0 saturated carbocycles. The van der Waals surface area contributed by atoms with Crippen molar-refractivity contribution < 1.29 is 13.2 Å². The lowest BCUT2D eigenvalue weighted by atomic mass is 9.92. The number of sulfonamides is 1. The molecule has 176 valence electrons. The van der Waals surface area contributed by atoms with Crippen molar-refractivity contribution in [1.82, 2.24) is 14.1 Å². The van der Waals surface area contributed by atoms with Crippen molar-refractivity contribution in [1.29, 1.82) is 0 Å². The third kappa shape index (κ3) is 6.09. The molecule has 0 bridgehead atoms. The van der Waals surface area contributed by atoms with Gasteiger partial charge in [0.05, 0.1) is 22.8 Å². The molecule has 0 unspecified atom stereocenters. The number of nitrogens with one attached hydrogen (secondary N) is 1. The summed E-state index contributed by atoms with van der Waals surface area (Å²) in [6.45, 7) is 8.13. The van der Waals surface area contributed by atoms with Gasteiger partial charge in [0.2, 0.25) is 15.9 Å². The molecule has 1 aromatic heterocycles. The monoisotopic (exact) mass is 468 g/mol. The SMILES string of the molecule is CCCCN(CC(=O)Nc1cc(C(C)(C)C)nn1-c1ccccc1)S(=O)(=O)c1ccccc1. The zero-order valence-electron chi connectivity index (χ0n) is 19.7. The van der Waals surface area contributed by atoms with Crippen molar-refractivity contribution in [3.05, 3.63) is 72.4 Å². The van der Waals surface area contributed by atoms with Gasteiger partial charge in [0.25, 0.3) is 0 Å². The van der Waals surface area contributed by atoms with E-state index in [4.69, 9.17) is 5.10 Å². The van der Waals surface area contributed by atoms with Crippen LogP contribution in [0.5, 0.6) is 0 Å². The Labute approximate surface area is 196 Å². The summed E-state index contributed by atoms with van der Waals surface area (Å²) >= 11 is 0. The van der Waals surface area contributed by atoms with Crippen molar-refractivity contribution >= 4 is 21.7 Å². The second kappa shape index (κ2) is 10.3. The number of para-hydroxylation sites is 1. The Balaban J connectivity index is 1.88. The first-order valence-electron chi connectivity index (χ1n) is 11.1. The van der Waals surface area contributed by atoms with Crippen molar-refractivity contribution in [3.8, 4) is 5.69 Å². The van der Waals surface area contributed by atoms with Gasteiger partial charge < -0.3 is 5.32 Å². The molecule has 2 aromatic carbocycles. The summed E-state index contributed by atoms with van der Waals surface area (Å²) in [5.41, 5.74) is 1.41. The van der Waals surface area contributed by atoms with E-state index in [-0.39, 0.29) is 23.4 Å². The van der Waals surface area contributed by atoms with Gasteiger partial charge >= 0.3 is 0 Å². The minimum absolute atomic E-state index is 0.179. The summed E-state index contributed by atoms with van der Waals surface area (Å²) in [6, 6.07) is 19.6. The van der Waals surface area contributed by atoms with E-state index in [1.807, 2.05) is 43.3 Å². The Morgan fingerprint density at radius 1 is 1.03 bits per heavy atom. The molecule has 0 atom stereocenters. The highest BCUT2D eigenvalue weighted by atomic mass is 32.2. The van der Waals surface area contributed by atoms with E-state index in [1.165, 1.54) is 4.31 Å². The number of amides is 1. The van der Waals surface area contributed by atoms with E-state index in [0.717, 1.165) is 17.8 Å². The zero-order valence-corrected chi connectivity index (χ0v) is 20.5. The van der Waals surface area contributed by atoms with Gasteiger partial charge in [-0.1, -0.05) is 70.5 Å². The van der Waals surface area contributed by atoms with Gasteiger partial charge in [0, 0.05) is 18.0 Å². The van der Waals surface area contributed by atoms with Crippen LogP contribution < -0.4 is 5.32 Å². The summed E-state index contributed by atoms with van der Waals surface area (Å²) in [6.07, 6.45) is 1.48. The molecule has 1 N–H and O–H groups in total. The molecule has 0 aliphatic heterocycles. The Morgan fingerprint density at radius 2 is 1.64 bits per heavy atom. The maximum atomic E-state index is 13.2. The van der Waals surface area contributed by atoms with Gasteiger partial charge in [-0.3, -0.25) is 4.79 Å². The summed E-state index contributed by atoms with van der Waals surface area (Å²) in [4.78, 5) is 13.2. The van der Waals surface area contributed by atoms with E-state index < -0.39 is 15.9 Å². The summed E-state index contributed by atoms with van der Waals surface area (Å²) in [5, 5.41) is 7.59. The normalized spacial score (nSPS) is 12.2. The summed E-state index contributed by atoms with van der Waals surface area (Å²) in [7, 11) is -3.79. The molecular weight excluding hydrogens is 436 g/mol. The molecule has 8 heteroatoms. The van der Waals surface area contributed by atoms with E-state index in [1.54, 1.807) is 35.0 Å². The Bertz CT molecular complexity index is 1170. The second-order valence-corrected chi connectivity index (χ2v) is 10.9. The second-order valence-electron chi connectivity index (χ2n) is 8.97. The number of hydrogen-bond donors (Lipinski definition) is 1. The topological polar surface area (TPSA) is 84.3 Å². The molecule has 3 aromatic rings. The van der Waals surface area contributed by atoms with Crippen LogP contribution in [0, 0.1) is 0 Å². The van der Waals surface area contributed by atoms with Crippen molar-refractivity contribution in [2.24, 2.45) is 0 Å². The average molecular weight is 469 g/mol. The Hall–Kier alpha value is -2.97. The first kappa shape index (κ1) is 24.7. The molecule has 0 spiro atoms. The number of carbonyl (C=O) groups excluding carboxylic acids is 1. The zero-order chi connectivity index (χ0) is 24.1. The van der Waals surface area contributed by atoms with Crippen LogP contribution in [0.2, 0.25) is 0 Å². The number of carbonyl (C=O) groups is 1. The van der Waals surface area contributed by atoms with Crippen LogP contribution in [-0.2, 0) is 20.2 Å². The van der Waals surface area contributed by atoms with E-state index in [2.05, 4.69) is 26.1 Å². The summed E-state index contributed by atoms with van der Waals surface area (Å²) in [5.74, 6) is 0.0897. The maximum absolute atomic E-state index is 13.2. The van der Waals surface area contributed by atoms with Gasteiger partial charge in [-0.05, 0) is 30.7 Å². The summed E-state index contributed by atoms with van der Waals surface area (Å²) < 4.78 is 29.3. The van der Waals surface area contributed by atoms with Crippen LogP contribution in [0.1, 0.15) is 46.2 Å². The predicted molar refractivity (Wildman–Crippen MR) is 131 cm³/mol. The van der Waals surface area contributed by atoms with Crippen LogP contribution in [0.4, 0.5) is 5.82 Å². The van der Waals surface area contributed by atoms with Gasteiger partial charge in [0.15, 0.2) is 0 Å². The van der Waals surface area contributed by atoms with Gasteiger partial charge in [0.1, 0.15) is 5.82 Å². The van der Waals surface area contributed by atoms with E-state index >= 15 is 0 Å². The van der Waals surface area contributed by atoms with Crippen LogP contribution in [0.15, 0.2) is 71.6 Å². The predicted octanol–water partition coefficient (Wildman–Crippen LogP) is 4.60. The molecule has 0 saturated heterocycles. The first-order chi connectivity index (χ1) is 15.6. The number of aromatic nitrogens is 2. The Morgan fingerprint density at radius 3 is 2.21 bits per heavy atom. The minimum Gasteiger partial charge on any atom is -0.309 e. The number of hydrogen-bond acceptors (Lipinski definition) is 4.